The number of carboxylic acids is 1. The van der Waals surface area contributed by atoms with Crippen LogP contribution >= 0.6 is 11.8 Å². The highest BCUT2D eigenvalue weighted by molar-refractivity contribution is 7.99. The van der Waals surface area contributed by atoms with Crippen molar-refractivity contribution in [3.05, 3.63) is 11.8 Å². The van der Waals surface area contributed by atoms with Crippen LogP contribution in [0.5, 0.6) is 0 Å². The fraction of sp³-hybridized carbons (Fsp3) is 0.636. The largest absolute Gasteiger partial charge is 0.481 e. The Morgan fingerprint density at radius 1 is 1.47 bits per heavy atom. The van der Waals surface area contributed by atoms with Crippen molar-refractivity contribution in [2.75, 3.05) is 17.3 Å². The minimum absolute atomic E-state index is 0.0228. The second-order valence-corrected chi connectivity index (χ2v) is 7.44. The van der Waals surface area contributed by atoms with E-state index in [9.17, 15) is 13.2 Å². The molecule has 0 atom stereocenters. The lowest BCUT2D eigenvalue weighted by atomic mass is 10.3. The van der Waals surface area contributed by atoms with E-state index in [0.29, 0.717) is 5.03 Å². The van der Waals surface area contributed by atoms with Crippen LogP contribution in [-0.2, 0) is 27.6 Å². The Bertz CT molecular complexity index is 537. The van der Waals surface area contributed by atoms with Gasteiger partial charge in [0.25, 0.3) is 0 Å². The van der Waals surface area contributed by atoms with E-state index in [1.165, 1.54) is 0 Å². The van der Waals surface area contributed by atoms with Gasteiger partial charge >= 0.3 is 5.97 Å². The first-order valence-corrected chi connectivity index (χ1v) is 8.80. The molecule has 1 aromatic heterocycles. The summed E-state index contributed by atoms with van der Waals surface area (Å²) in [6, 6.07) is 1.81. The maximum absolute atomic E-state index is 11.5. The highest BCUT2D eigenvalue weighted by atomic mass is 32.2. The Balaban J connectivity index is 2.80. The number of carbonyl (C=O) groups is 1. The van der Waals surface area contributed by atoms with E-state index in [0.717, 1.165) is 23.9 Å². The first-order valence-electron chi connectivity index (χ1n) is 5.99. The molecule has 6 nitrogen and oxygen atoms in total. The number of aromatic nitrogens is 2. The molecule has 0 bridgehead atoms. The van der Waals surface area contributed by atoms with Crippen molar-refractivity contribution < 1.29 is 18.3 Å². The summed E-state index contributed by atoms with van der Waals surface area (Å²) in [5, 5.41) is 13.7. The smallest absolute Gasteiger partial charge is 0.313 e. The third-order valence-electron chi connectivity index (χ3n) is 2.55. The number of hydrogen-bond acceptors (Lipinski definition) is 5. The van der Waals surface area contributed by atoms with Gasteiger partial charge in [-0.25, -0.2) is 8.42 Å². The number of aryl methyl sites for hydroxylation is 2. The van der Waals surface area contributed by atoms with Crippen molar-refractivity contribution in [3.63, 3.8) is 0 Å². The molecule has 1 heterocycles. The fourth-order valence-corrected chi connectivity index (χ4v) is 2.92. The van der Waals surface area contributed by atoms with Crippen LogP contribution in [0.2, 0.25) is 0 Å². The summed E-state index contributed by atoms with van der Waals surface area (Å²) in [6.45, 7) is 3.81. The zero-order valence-electron chi connectivity index (χ0n) is 11.0. The Kier molecular flexibility index (Phi) is 5.86. The fourth-order valence-electron chi connectivity index (χ4n) is 1.40. The van der Waals surface area contributed by atoms with Gasteiger partial charge in [-0.05, 0) is 12.5 Å². The lowest BCUT2D eigenvalue weighted by molar-refractivity contribution is -0.133. The van der Waals surface area contributed by atoms with Crippen LogP contribution < -0.4 is 0 Å². The second-order valence-electron chi connectivity index (χ2n) is 3.97. The summed E-state index contributed by atoms with van der Waals surface area (Å²) in [7, 11) is -3.05. The van der Waals surface area contributed by atoms with Crippen molar-refractivity contribution in [1.82, 2.24) is 9.78 Å². The molecule has 0 aliphatic heterocycles. The normalized spacial score (nSPS) is 11.7. The van der Waals surface area contributed by atoms with Crippen LogP contribution in [-0.4, -0.2) is 46.5 Å². The van der Waals surface area contributed by atoms with Crippen LogP contribution in [0.3, 0.4) is 0 Å². The lowest BCUT2D eigenvalue weighted by Crippen LogP contribution is -2.16. The van der Waals surface area contributed by atoms with Gasteiger partial charge in [0.2, 0.25) is 0 Å². The molecule has 0 fully saturated rings. The molecule has 1 aromatic rings. The standard InChI is InChI=1S/C11H18N2O4S2/c1-3-9-7-10(18-8-11(14)15)13(12-9)5-6-19(16,17)4-2/h7H,3-6,8H2,1-2H3,(H,14,15). The van der Waals surface area contributed by atoms with Gasteiger partial charge in [-0.2, -0.15) is 5.10 Å². The van der Waals surface area contributed by atoms with Crippen LogP contribution in [0.25, 0.3) is 0 Å². The van der Waals surface area contributed by atoms with E-state index in [-0.39, 0.29) is 23.8 Å². The van der Waals surface area contributed by atoms with Gasteiger partial charge in [0.1, 0.15) is 0 Å². The molecule has 0 amide bonds. The minimum Gasteiger partial charge on any atom is -0.481 e. The molecule has 0 aliphatic rings. The summed E-state index contributed by atoms with van der Waals surface area (Å²) < 4.78 is 24.6. The number of nitrogens with zero attached hydrogens (tertiary/aromatic N) is 2. The molecule has 0 spiro atoms. The monoisotopic (exact) mass is 306 g/mol. The van der Waals surface area contributed by atoms with E-state index in [1.54, 1.807) is 11.6 Å². The maximum Gasteiger partial charge on any atom is 0.313 e. The number of carboxylic acid groups (broad SMARTS) is 1. The molecule has 19 heavy (non-hydrogen) atoms. The Hall–Kier alpha value is -1.02. The van der Waals surface area contributed by atoms with E-state index >= 15 is 0 Å². The number of thioether (sulfide) groups is 1. The Morgan fingerprint density at radius 3 is 2.68 bits per heavy atom. The van der Waals surface area contributed by atoms with Crippen molar-refractivity contribution >= 4 is 27.6 Å². The third kappa shape index (κ3) is 5.23. The number of sulfone groups is 1. The van der Waals surface area contributed by atoms with Gasteiger partial charge in [-0.15, -0.1) is 0 Å². The first kappa shape index (κ1) is 16.0. The predicted molar refractivity (Wildman–Crippen MR) is 74.3 cm³/mol. The van der Waals surface area contributed by atoms with Gasteiger partial charge in [0.15, 0.2) is 9.84 Å². The molecule has 0 saturated carbocycles. The first-order chi connectivity index (χ1) is 8.88. The molecule has 0 unspecified atom stereocenters. The maximum atomic E-state index is 11.5. The predicted octanol–water partition coefficient (Wildman–Crippen LogP) is 1.06. The van der Waals surface area contributed by atoms with E-state index in [4.69, 9.17) is 5.11 Å². The lowest BCUT2D eigenvalue weighted by Gasteiger charge is -2.06. The molecule has 0 saturated heterocycles. The second kappa shape index (κ2) is 6.95. The van der Waals surface area contributed by atoms with Crippen molar-refractivity contribution in [3.8, 4) is 0 Å². The SMILES string of the molecule is CCc1cc(SCC(=O)O)n(CCS(=O)(=O)CC)n1. The quantitative estimate of drug-likeness (QED) is 0.722. The molecular formula is C11H18N2O4S2. The van der Waals surface area contributed by atoms with E-state index in [2.05, 4.69) is 5.10 Å². The Labute approximate surface area is 117 Å². The van der Waals surface area contributed by atoms with E-state index in [1.807, 2.05) is 13.0 Å². The van der Waals surface area contributed by atoms with Gasteiger partial charge in [-0.3, -0.25) is 9.48 Å². The average molecular weight is 306 g/mol. The zero-order chi connectivity index (χ0) is 14.5. The van der Waals surface area contributed by atoms with E-state index < -0.39 is 15.8 Å². The van der Waals surface area contributed by atoms with Crippen molar-refractivity contribution in [2.24, 2.45) is 0 Å². The summed E-state index contributed by atoms with van der Waals surface area (Å²) in [5.41, 5.74) is 0.835. The van der Waals surface area contributed by atoms with Crippen molar-refractivity contribution in [2.45, 2.75) is 31.8 Å². The molecule has 108 valence electrons. The molecule has 0 radical (unpaired) electrons. The molecular weight excluding hydrogens is 288 g/mol. The number of aliphatic carboxylic acids is 1. The molecule has 8 heteroatoms. The number of hydrogen-bond donors (Lipinski definition) is 1. The van der Waals surface area contributed by atoms with Crippen LogP contribution in [0, 0.1) is 0 Å². The van der Waals surface area contributed by atoms with Crippen LogP contribution in [0.15, 0.2) is 11.1 Å². The molecule has 1 rings (SSSR count). The summed E-state index contributed by atoms with van der Waals surface area (Å²) in [4.78, 5) is 10.6. The molecule has 1 N–H and O–H groups in total. The summed E-state index contributed by atoms with van der Waals surface area (Å²) in [6.07, 6.45) is 0.730. The molecule has 0 aromatic carbocycles. The van der Waals surface area contributed by atoms with Gasteiger partial charge in [-0.1, -0.05) is 25.6 Å². The summed E-state index contributed by atoms with van der Waals surface area (Å²) in [5.74, 6) is -0.839. The zero-order valence-corrected chi connectivity index (χ0v) is 12.6. The minimum atomic E-state index is -3.05. The topological polar surface area (TPSA) is 89.3 Å². The highest BCUT2D eigenvalue weighted by Crippen LogP contribution is 2.19. The Morgan fingerprint density at radius 2 is 2.16 bits per heavy atom. The highest BCUT2D eigenvalue weighted by Gasteiger charge is 2.13. The van der Waals surface area contributed by atoms with Crippen molar-refractivity contribution in [1.29, 1.82) is 0 Å². The van der Waals surface area contributed by atoms with Gasteiger partial charge in [0.05, 0.1) is 28.8 Å². The van der Waals surface area contributed by atoms with Crippen LogP contribution in [0.4, 0.5) is 0 Å². The number of rotatable bonds is 8. The van der Waals surface area contributed by atoms with Gasteiger partial charge in [0, 0.05) is 5.75 Å². The third-order valence-corrected chi connectivity index (χ3v) is 5.25. The average Bonchev–Trinajstić information content (AvgIpc) is 2.76. The summed E-state index contributed by atoms with van der Waals surface area (Å²) >= 11 is 1.16. The van der Waals surface area contributed by atoms with Gasteiger partial charge < -0.3 is 5.11 Å². The van der Waals surface area contributed by atoms with Crippen LogP contribution in [0.1, 0.15) is 19.5 Å². The molecule has 0 aliphatic carbocycles.